The van der Waals surface area contributed by atoms with E-state index in [0.717, 1.165) is 25.0 Å². The molecule has 172 valence electrons. The van der Waals surface area contributed by atoms with Crippen molar-refractivity contribution in [1.29, 1.82) is 0 Å². The summed E-state index contributed by atoms with van der Waals surface area (Å²) in [5, 5.41) is 4.63. The number of nitrogens with zero attached hydrogens (tertiary/aromatic N) is 1. The average molecular weight is 455 g/mol. The lowest BCUT2D eigenvalue weighted by atomic mass is 9.98. The number of benzene rings is 2. The summed E-state index contributed by atoms with van der Waals surface area (Å²) >= 11 is 0. The van der Waals surface area contributed by atoms with E-state index < -0.39 is 8.25 Å². The van der Waals surface area contributed by atoms with Crippen molar-refractivity contribution >= 4 is 19.2 Å². The Balaban J connectivity index is 1.40. The molecular weight excluding hydrogens is 419 g/mol. The lowest BCUT2D eigenvalue weighted by Gasteiger charge is -2.11. The van der Waals surface area contributed by atoms with E-state index >= 15 is 0 Å². The fourth-order valence-corrected chi connectivity index (χ4v) is 4.37. The summed E-state index contributed by atoms with van der Waals surface area (Å²) in [6.07, 6.45) is 11.2. The van der Waals surface area contributed by atoms with Crippen LogP contribution in [0.3, 0.4) is 0 Å². The first-order valence-electron chi connectivity index (χ1n) is 11.7. The molecule has 0 radical (unpaired) electrons. The van der Waals surface area contributed by atoms with E-state index in [-0.39, 0.29) is 0 Å². The Kier molecular flexibility index (Phi) is 10.9. The molecule has 32 heavy (non-hydrogen) atoms. The standard InChI is InChI=1S/C26H35N2O3P/c29-32(30)31-20-10-18-27-21-24-17-16-23(25-15-9-19-28-26(24)25)14-8-3-1-2-5-11-22-12-6-4-7-13-22/h4,6-7,9,12-13,15-17,19,27,32H,1-3,5,8,10-11,14,18,20-21H2,(H,29,30). The Morgan fingerprint density at radius 2 is 1.59 bits per heavy atom. The first-order chi connectivity index (χ1) is 15.7. The van der Waals surface area contributed by atoms with Crippen LogP contribution >= 0.6 is 8.25 Å². The van der Waals surface area contributed by atoms with Crippen LogP contribution in [0.5, 0.6) is 0 Å². The molecule has 3 rings (SSSR count). The summed E-state index contributed by atoms with van der Waals surface area (Å²) in [7, 11) is -2.82. The fraction of sp³-hybridized carbons (Fsp3) is 0.423. The van der Waals surface area contributed by atoms with Gasteiger partial charge in [-0.15, -0.1) is 0 Å². The number of hydrogen-bond donors (Lipinski definition) is 2. The van der Waals surface area contributed by atoms with E-state index in [4.69, 9.17) is 9.42 Å². The predicted octanol–water partition coefficient (Wildman–Crippen LogP) is 5.85. The first-order valence-corrected chi connectivity index (χ1v) is 13.0. The van der Waals surface area contributed by atoms with Gasteiger partial charge in [0.15, 0.2) is 0 Å². The molecule has 0 bridgehead atoms. The van der Waals surface area contributed by atoms with Crippen LogP contribution in [-0.2, 0) is 28.5 Å². The third-order valence-electron chi connectivity index (χ3n) is 5.74. The van der Waals surface area contributed by atoms with Crippen molar-refractivity contribution in [1.82, 2.24) is 10.3 Å². The third-order valence-corrected chi connectivity index (χ3v) is 6.19. The zero-order valence-corrected chi connectivity index (χ0v) is 19.8. The van der Waals surface area contributed by atoms with Gasteiger partial charge in [-0.1, -0.05) is 67.8 Å². The number of rotatable bonds is 15. The van der Waals surface area contributed by atoms with Crippen LogP contribution in [0.2, 0.25) is 0 Å². The van der Waals surface area contributed by atoms with E-state index in [9.17, 15) is 4.57 Å². The quantitative estimate of drug-likeness (QED) is 0.223. The maximum absolute atomic E-state index is 10.6. The van der Waals surface area contributed by atoms with Gasteiger partial charge in [-0.2, -0.15) is 0 Å². The summed E-state index contributed by atoms with van der Waals surface area (Å²) in [5.41, 5.74) is 5.07. The van der Waals surface area contributed by atoms with Crippen LogP contribution in [0, 0.1) is 0 Å². The Morgan fingerprint density at radius 1 is 0.844 bits per heavy atom. The zero-order chi connectivity index (χ0) is 22.4. The fourth-order valence-electron chi connectivity index (χ4n) is 4.05. The molecule has 0 aliphatic heterocycles. The predicted molar refractivity (Wildman–Crippen MR) is 132 cm³/mol. The minimum atomic E-state index is -2.82. The Morgan fingerprint density at radius 3 is 2.41 bits per heavy atom. The molecule has 2 aromatic carbocycles. The molecule has 0 spiro atoms. The second kappa shape index (κ2) is 14.2. The summed E-state index contributed by atoms with van der Waals surface area (Å²) in [6, 6.07) is 19.4. The third kappa shape index (κ3) is 8.48. The van der Waals surface area contributed by atoms with Gasteiger partial charge in [-0.25, -0.2) is 0 Å². The molecule has 6 heteroatoms. The SMILES string of the molecule is O=[PH](O)OCCCNCc1ccc(CCCCCCCc2ccccc2)c2cccnc12. The summed E-state index contributed by atoms with van der Waals surface area (Å²) in [4.78, 5) is 13.3. The van der Waals surface area contributed by atoms with Crippen molar-refractivity contribution in [2.24, 2.45) is 0 Å². The highest BCUT2D eigenvalue weighted by Gasteiger charge is 2.07. The van der Waals surface area contributed by atoms with Crippen LogP contribution in [0.15, 0.2) is 60.8 Å². The van der Waals surface area contributed by atoms with Gasteiger partial charge in [-0.3, -0.25) is 9.55 Å². The lowest BCUT2D eigenvalue weighted by molar-refractivity contribution is 0.276. The van der Waals surface area contributed by atoms with E-state index in [1.165, 1.54) is 60.6 Å². The monoisotopic (exact) mass is 454 g/mol. The second-order valence-corrected chi connectivity index (χ2v) is 9.00. The van der Waals surface area contributed by atoms with Crippen molar-refractivity contribution in [3.63, 3.8) is 0 Å². The molecule has 1 heterocycles. The van der Waals surface area contributed by atoms with Crippen molar-refractivity contribution in [3.05, 3.63) is 77.5 Å². The Labute approximate surface area is 192 Å². The van der Waals surface area contributed by atoms with Crippen molar-refractivity contribution in [3.8, 4) is 0 Å². The normalized spacial score (nSPS) is 12.3. The number of nitrogens with one attached hydrogen (secondary N) is 1. The highest BCUT2D eigenvalue weighted by atomic mass is 31.1. The van der Waals surface area contributed by atoms with Gasteiger partial charge < -0.3 is 14.7 Å². The topological polar surface area (TPSA) is 71.5 Å². The average Bonchev–Trinajstić information content (AvgIpc) is 2.82. The van der Waals surface area contributed by atoms with Gasteiger partial charge in [0.2, 0.25) is 0 Å². The maximum Gasteiger partial charge on any atom is 0.316 e. The van der Waals surface area contributed by atoms with Crippen molar-refractivity contribution in [2.75, 3.05) is 13.2 Å². The zero-order valence-electron chi connectivity index (χ0n) is 18.8. The number of fused-ring (bicyclic) bond motifs is 1. The molecular formula is C26H35N2O3P. The Hall–Kier alpha value is -2.04. The molecule has 0 aliphatic carbocycles. The number of pyridine rings is 1. The van der Waals surface area contributed by atoms with Crippen molar-refractivity contribution < 1.29 is 14.0 Å². The minimum absolute atomic E-state index is 0.297. The number of aryl methyl sites for hydroxylation is 2. The van der Waals surface area contributed by atoms with Crippen molar-refractivity contribution in [2.45, 2.75) is 57.9 Å². The number of unbranched alkanes of at least 4 members (excludes halogenated alkanes) is 4. The molecule has 2 N–H and O–H groups in total. The molecule has 1 aromatic heterocycles. The molecule has 0 amide bonds. The van der Waals surface area contributed by atoms with E-state index in [0.29, 0.717) is 13.0 Å². The molecule has 3 aromatic rings. The molecule has 0 aliphatic rings. The Bertz CT molecular complexity index is 966. The molecule has 1 atom stereocenters. The van der Waals surface area contributed by atoms with Crippen LogP contribution in [0.4, 0.5) is 0 Å². The largest absolute Gasteiger partial charge is 0.326 e. The molecule has 0 saturated heterocycles. The van der Waals surface area contributed by atoms with Gasteiger partial charge in [0.25, 0.3) is 0 Å². The van der Waals surface area contributed by atoms with Gasteiger partial charge in [0, 0.05) is 18.1 Å². The molecule has 0 saturated carbocycles. The highest BCUT2D eigenvalue weighted by Crippen LogP contribution is 2.23. The molecule has 0 fully saturated rings. The maximum atomic E-state index is 10.6. The molecule has 5 nitrogen and oxygen atoms in total. The summed E-state index contributed by atoms with van der Waals surface area (Å²) < 4.78 is 15.3. The summed E-state index contributed by atoms with van der Waals surface area (Å²) in [5.74, 6) is 0. The number of aromatic nitrogens is 1. The minimum Gasteiger partial charge on any atom is -0.326 e. The highest BCUT2D eigenvalue weighted by molar-refractivity contribution is 7.32. The van der Waals surface area contributed by atoms with Crippen LogP contribution in [-0.4, -0.2) is 23.0 Å². The smallest absolute Gasteiger partial charge is 0.316 e. The van der Waals surface area contributed by atoms with Gasteiger partial charge in [-0.05, 0) is 61.4 Å². The van der Waals surface area contributed by atoms with Gasteiger partial charge in [0.05, 0.1) is 12.1 Å². The van der Waals surface area contributed by atoms with Gasteiger partial charge in [0.1, 0.15) is 0 Å². The van der Waals surface area contributed by atoms with Crippen LogP contribution in [0.1, 0.15) is 55.2 Å². The van der Waals surface area contributed by atoms with E-state index in [1.807, 2.05) is 12.3 Å². The first kappa shape index (κ1) is 24.6. The van der Waals surface area contributed by atoms with E-state index in [2.05, 4.69) is 58.8 Å². The van der Waals surface area contributed by atoms with Gasteiger partial charge >= 0.3 is 8.25 Å². The second-order valence-electron chi connectivity index (χ2n) is 8.18. The van der Waals surface area contributed by atoms with E-state index in [1.54, 1.807) is 0 Å². The lowest BCUT2D eigenvalue weighted by Crippen LogP contribution is -2.16. The molecule has 1 unspecified atom stereocenters. The number of hydrogen-bond acceptors (Lipinski definition) is 4. The summed E-state index contributed by atoms with van der Waals surface area (Å²) in [6.45, 7) is 1.75. The van der Waals surface area contributed by atoms with Crippen LogP contribution in [0.25, 0.3) is 10.9 Å². The van der Waals surface area contributed by atoms with Crippen LogP contribution < -0.4 is 5.32 Å².